The van der Waals surface area contributed by atoms with Gasteiger partial charge in [-0.05, 0) is 53.6 Å². The predicted molar refractivity (Wildman–Crippen MR) is 185 cm³/mol. The molecule has 0 bridgehead atoms. The van der Waals surface area contributed by atoms with Crippen LogP contribution in [0.3, 0.4) is 0 Å². The molecule has 1 aliphatic heterocycles. The third kappa shape index (κ3) is 3.86. The van der Waals surface area contributed by atoms with Gasteiger partial charge in [-0.2, -0.15) is 0 Å². The van der Waals surface area contributed by atoms with Crippen molar-refractivity contribution in [2.24, 2.45) is 4.99 Å². The van der Waals surface area contributed by atoms with Crippen molar-refractivity contribution >= 4 is 55.0 Å². The number of aromatic nitrogens is 2. The predicted octanol–water partition coefficient (Wildman–Crippen LogP) is 10.4. The van der Waals surface area contributed by atoms with E-state index in [1.807, 2.05) is 0 Å². The molecular weight excluding hydrogens is 534 g/mol. The first kappa shape index (κ1) is 24.9. The van der Waals surface area contributed by atoms with Crippen LogP contribution in [0.25, 0.3) is 55.0 Å². The van der Waals surface area contributed by atoms with Crippen LogP contribution in [0.5, 0.6) is 0 Å². The van der Waals surface area contributed by atoms with Crippen LogP contribution in [-0.4, -0.2) is 14.8 Å². The van der Waals surface area contributed by atoms with Crippen molar-refractivity contribution in [3.63, 3.8) is 0 Å². The fourth-order valence-electron chi connectivity index (χ4n) is 7.09. The monoisotopic (exact) mass is 563 g/mol. The van der Waals surface area contributed by atoms with Gasteiger partial charge in [-0.3, -0.25) is 4.99 Å². The van der Waals surface area contributed by atoms with Crippen LogP contribution in [0.2, 0.25) is 0 Å². The van der Waals surface area contributed by atoms with Crippen LogP contribution in [0, 0.1) is 0 Å². The lowest BCUT2D eigenvalue weighted by Gasteiger charge is -2.25. The first-order valence-electron chi connectivity index (χ1n) is 15.2. The van der Waals surface area contributed by atoms with Gasteiger partial charge in [0.15, 0.2) is 0 Å². The number of hydrogen-bond donors (Lipinski definition) is 0. The van der Waals surface area contributed by atoms with Gasteiger partial charge in [0, 0.05) is 39.2 Å². The van der Waals surface area contributed by atoms with Crippen LogP contribution < -0.4 is 0 Å². The summed E-state index contributed by atoms with van der Waals surface area (Å²) in [6.45, 7) is 0. The van der Waals surface area contributed by atoms with Gasteiger partial charge in [0.05, 0.1) is 34.0 Å². The molecule has 208 valence electrons. The molecule has 0 saturated heterocycles. The Kier molecular flexibility index (Phi) is 5.63. The highest BCUT2D eigenvalue weighted by atomic mass is 15.0. The quantitative estimate of drug-likeness (QED) is 0.203. The second-order valence-corrected chi connectivity index (χ2v) is 11.6. The Morgan fingerprint density at radius 1 is 0.477 bits per heavy atom. The Hall–Kier alpha value is -5.67. The Labute approximate surface area is 255 Å². The Bertz CT molecular complexity index is 2390. The molecule has 0 aliphatic carbocycles. The first-order chi connectivity index (χ1) is 21.8. The number of benzene rings is 6. The van der Waals surface area contributed by atoms with Gasteiger partial charge in [-0.1, -0.05) is 115 Å². The van der Waals surface area contributed by atoms with Gasteiger partial charge >= 0.3 is 0 Å². The van der Waals surface area contributed by atoms with E-state index in [-0.39, 0.29) is 6.04 Å². The molecule has 0 saturated carbocycles. The van der Waals surface area contributed by atoms with Gasteiger partial charge in [-0.25, -0.2) is 0 Å². The molecule has 6 aromatic carbocycles. The lowest BCUT2D eigenvalue weighted by molar-refractivity contribution is 0.664. The zero-order chi connectivity index (χ0) is 29.0. The Morgan fingerprint density at radius 2 is 1.02 bits per heavy atom. The Morgan fingerprint density at radius 3 is 1.75 bits per heavy atom. The Balaban J connectivity index is 1.34. The molecule has 1 unspecified atom stereocenters. The summed E-state index contributed by atoms with van der Waals surface area (Å²) in [5.74, 6) is 0. The minimum Gasteiger partial charge on any atom is -0.333 e. The lowest BCUT2D eigenvalue weighted by atomic mass is 9.96. The zero-order valence-electron chi connectivity index (χ0n) is 24.1. The van der Waals surface area contributed by atoms with Gasteiger partial charge in [0.2, 0.25) is 0 Å². The summed E-state index contributed by atoms with van der Waals surface area (Å²) < 4.78 is 4.96. The maximum absolute atomic E-state index is 5.23. The molecule has 0 radical (unpaired) electrons. The van der Waals surface area contributed by atoms with Gasteiger partial charge in [-0.15, -0.1) is 0 Å². The van der Waals surface area contributed by atoms with Crippen molar-refractivity contribution in [2.45, 2.75) is 12.5 Å². The van der Waals surface area contributed by atoms with E-state index in [0.29, 0.717) is 0 Å². The van der Waals surface area contributed by atoms with Crippen molar-refractivity contribution in [1.29, 1.82) is 0 Å². The van der Waals surface area contributed by atoms with Crippen molar-refractivity contribution in [1.82, 2.24) is 9.13 Å². The van der Waals surface area contributed by atoms with E-state index in [9.17, 15) is 0 Å². The molecule has 44 heavy (non-hydrogen) atoms. The fourth-order valence-corrected chi connectivity index (χ4v) is 7.09. The molecule has 0 amide bonds. The maximum atomic E-state index is 5.23. The number of fused-ring (bicyclic) bond motifs is 6. The molecule has 0 spiro atoms. The molecule has 1 aliphatic rings. The average Bonchev–Trinajstić information content (AvgIpc) is 3.60. The molecule has 2 aromatic heterocycles. The van der Waals surface area contributed by atoms with E-state index in [1.54, 1.807) is 0 Å². The highest BCUT2D eigenvalue weighted by molar-refractivity contribution is 6.18. The van der Waals surface area contributed by atoms with Crippen LogP contribution >= 0.6 is 0 Å². The summed E-state index contributed by atoms with van der Waals surface area (Å²) >= 11 is 0. The molecule has 0 fully saturated rings. The third-order valence-electron chi connectivity index (χ3n) is 9.03. The number of rotatable bonds is 4. The smallest absolute Gasteiger partial charge is 0.0686 e. The fraction of sp³-hybridized carbons (Fsp3) is 0.0488. The summed E-state index contributed by atoms with van der Waals surface area (Å²) in [4.78, 5) is 5.23. The molecule has 0 N–H and O–H groups in total. The molecule has 8 aromatic rings. The summed E-state index contributed by atoms with van der Waals surface area (Å²) in [6, 6.07) is 54.5. The van der Waals surface area contributed by atoms with E-state index in [2.05, 4.69) is 167 Å². The van der Waals surface area contributed by atoms with Crippen molar-refractivity contribution in [3.8, 4) is 5.69 Å². The van der Waals surface area contributed by atoms with Crippen molar-refractivity contribution < 1.29 is 0 Å². The van der Waals surface area contributed by atoms with Crippen LogP contribution in [-0.2, 0) is 0 Å². The van der Waals surface area contributed by atoms with Crippen molar-refractivity contribution in [2.75, 3.05) is 0 Å². The number of para-hydroxylation sites is 3. The molecule has 3 heterocycles. The SMILES string of the molecule is C1=C(c2ccccc2)N=C(c2ccccc2)CC1n1c2ccccc2c2cc3c(cc21)c1ccccc1n3-c1ccccc1. The summed E-state index contributed by atoms with van der Waals surface area (Å²) in [7, 11) is 0. The largest absolute Gasteiger partial charge is 0.333 e. The first-order valence-corrected chi connectivity index (χ1v) is 15.2. The van der Waals surface area contributed by atoms with E-state index >= 15 is 0 Å². The second-order valence-electron chi connectivity index (χ2n) is 11.6. The second kappa shape index (κ2) is 9.96. The van der Waals surface area contributed by atoms with Crippen LogP contribution in [0.15, 0.2) is 163 Å². The lowest BCUT2D eigenvalue weighted by Crippen LogP contribution is -2.17. The third-order valence-corrected chi connectivity index (χ3v) is 9.03. The maximum Gasteiger partial charge on any atom is 0.0686 e. The van der Waals surface area contributed by atoms with Gasteiger partial charge in [0.25, 0.3) is 0 Å². The van der Waals surface area contributed by atoms with E-state index in [4.69, 9.17) is 4.99 Å². The average molecular weight is 564 g/mol. The molecular formula is C41H29N3. The van der Waals surface area contributed by atoms with Gasteiger partial charge < -0.3 is 9.13 Å². The number of aliphatic imine (C=N–C) groups is 1. The normalized spacial score (nSPS) is 15.2. The molecule has 3 nitrogen and oxygen atoms in total. The van der Waals surface area contributed by atoms with Crippen LogP contribution in [0.1, 0.15) is 23.6 Å². The standard InChI is InChI=1S/C41H29N3/c1-4-14-28(15-5-1)36-24-31(25-37(42-36)29-16-6-2-7-17-29)44-39-23-13-11-21-33(39)35-26-40-34(27-41(35)44)32-20-10-12-22-38(32)43(40)30-18-8-3-9-19-30/h1-24,26-27,31H,25H2. The van der Waals surface area contributed by atoms with Crippen LogP contribution in [0.4, 0.5) is 0 Å². The number of hydrogen-bond acceptors (Lipinski definition) is 1. The van der Waals surface area contributed by atoms with E-state index in [1.165, 1.54) is 54.9 Å². The highest BCUT2D eigenvalue weighted by Gasteiger charge is 2.25. The minimum absolute atomic E-state index is 0.0974. The van der Waals surface area contributed by atoms with Gasteiger partial charge in [0.1, 0.15) is 0 Å². The summed E-state index contributed by atoms with van der Waals surface area (Å²) in [5, 5.41) is 5.07. The van der Waals surface area contributed by atoms with Crippen molar-refractivity contribution in [3.05, 3.63) is 169 Å². The topological polar surface area (TPSA) is 22.2 Å². The minimum atomic E-state index is 0.0974. The zero-order valence-corrected chi connectivity index (χ0v) is 24.1. The summed E-state index contributed by atoms with van der Waals surface area (Å²) in [6.07, 6.45) is 3.18. The molecule has 9 rings (SSSR count). The number of nitrogens with zero attached hydrogens (tertiary/aromatic N) is 3. The summed E-state index contributed by atoms with van der Waals surface area (Å²) in [5.41, 5.74) is 10.6. The van der Waals surface area contributed by atoms with E-state index in [0.717, 1.165) is 23.4 Å². The number of allylic oxidation sites excluding steroid dienone is 1. The molecule has 3 heteroatoms. The highest BCUT2D eigenvalue weighted by Crippen LogP contribution is 2.41. The van der Waals surface area contributed by atoms with E-state index < -0.39 is 0 Å². The molecule has 1 atom stereocenters.